The molecule has 5 rings (SSSR count). The summed E-state index contributed by atoms with van der Waals surface area (Å²) in [5.41, 5.74) is 2.42. The molecule has 3 N–H and O–H groups in total. The van der Waals surface area contributed by atoms with Crippen LogP contribution in [0.4, 0.5) is 11.4 Å². The molecule has 0 saturated heterocycles. The highest BCUT2D eigenvalue weighted by Gasteiger charge is 2.17. The molecule has 5 aromatic rings. The average molecular weight is 706 g/mol. The van der Waals surface area contributed by atoms with E-state index in [0.717, 1.165) is 0 Å². The summed E-state index contributed by atoms with van der Waals surface area (Å²) >= 11 is 25.6. The number of para-hydroxylation sites is 1. The van der Waals surface area contributed by atoms with E-state index in [-0.39, 0.29) is 62.7 Å². The van der Waals surface area contributed by atoms with Gasteiger partial charge in [-0.05, 0) is 54.6 Å². The second kappa shape index (κ2) is 14.9. The van der Waals surface area contributed by atoms with Crippen molar-refractivity contribution in [3.63, 3.8) is 0 Å². The summed E-state index contributed by atoms with van der Waals surface area (Å²) in [5, 5.41) is 22.6. The van der Waals surface area contributed by atoms with Crippen LogP contribution in [0.1, 0.15) is 27.1 Å². The molecule has 238 valence electrons. The second-order valence-electron chi connectivity index (χ2n) is 9.68. The Balaban J connectivity index is 1.07. The van der Waals surface area contributed by atoms with Gasteiger partial charge in [-0.1, -0.05) is 58.5 Å². The molecule has 1 heterocycles. The number of nitrogens with zero attached hydrogens (tertiary/aromatic N) is 1. The third-order valence-corrected chi connectivity index (χ3v) is 7.59. The lowest BCUT2D eigenvalue weighted by atomic mass is 10.1. The molecule has 1 aromatic heterocycles. The molecule has 14 heteroatoms. The van der Waals surface area contributed by atoms with Crippen LogP contribution in [0.2, 0.25) is 20.1 Å². The highest BCUT2D eigenvalue weighted by molar-refractivity contribution is 6.38. The lowest BCUT2D eigenvalue weighted by Crippen LogP contribution is -2.10. The number of hydrogen-bond acceptors (Lipinski definition) is 8. The molecular formula is C32H24Cl4N2O8. The highest BCUT2D eigenvalue weighted by Crippen LogP contribution is 2.39. The zero-order valence-electron chi connectivity index (χ0n) is 23.7. The van der Waals surface area contributed by atoms with Crippen molar-refractivity contribution in [2.45, 2.75) is 6.42 Å². The van der Waals surface area contributed by atoms with Gasteiger partial charge in [-0.2, -0.15) is 0 Å². The fourth-order valence-electron chi connectivity index (χ4n) is 4.35. The van der Waals surface area contributed by atoms with Gasteiger partial charge < -0.3 is 34.2 Å². The van der Waals surface area contributed by atoms with Crippen molar-refractivity contribution in [3.05, 3.63) is 97.9 Å². The number of carboxylic acid groups (broad SMARTS) is 2. The second-order valence-corrected chi connectivity index (χ2v) is 11.3. The van der Waals surface area contributed by atoms with E-state index in [0.29, 0.717) is 46.8 Å². The van der Waals surface area contributed by atoms with Crippen LogP contribution in [-0.4, -0.2) is 53.6 Å². The molecule has 0 aliphatic rings. The Kier molecular flexibility index (Phi) is 10.8. The SMILES string of the molecule is O=C(O)c1ccc2nc(-c3cc(Cl)c(OCCOCCCOc4c(Cl)cc(Nc5ccccc5C(=O)O)cc4Cl)c(Cl)c3)oc2c1. The molecule has 0 unspecified atom stereocenters. The molecule has 0 fully saturated rings. The molecule has 0 spiro atoms. The van der Waals surface area contributed by atoms with E-state index >= 15 is 0 Å². The molecule has 0 aliphatic heterocycles. The number of aromatic carboxylic acids is 2. The lowest BCUT2D eigenvalue weighted by Gasteiger charge is -2.14. The number of aromatic nitrogens is 1. The van der Waals surface area contributed by atoms with Crippen LogP contribution in [0.5, 0.6) is 11.5 Å². The molecule has 0 saturated carbocycles. The normalized spacial score (nSPS) is 11.0. The average Bonchev–Trinajstić information content (AvgIpc) is 3.44. The largest absolute Gasteiger partial charge is 0.490 e. The fraction of sp³-hybridized carbons (Fsp3) is 0.156. The van der Waals surface area contributed by atoms with Gasteiger partial charge in [0.05, 0.1) is 50.1 Å². The number of ether oxygens (including phenoxy) is 3. The number of hydrogen-bond donors (Lipinski definition) is 3. The Hall–Kier alpha value is -4.19. The van der Waals surface area contributed by atoms with E-state index in [4.69, 9.17) is 65.0 Å². The first kappa shape index (κ1) is 33.2. The van der Waals surface area contributed by atoms with Crippen molar-refractivity contribution in [3.8, 4) is 23.0 Å². The minimum absolute atomic E-state index is 0.0842. The smallest absolute Gasteiger partial charge is 0.337 e. The molecule has 46 heavy (non-hydrogen) atoms. The number of oxazole rings is 1. The number of halogens is 4. The number of carboxylic acids is 2. The Labute approximate surface area is 282 Å². The van der Waals surface area contributed by atoms with Gasteiger partial charge >= 0.3 is 11.9 Å². The summed E-state index contributed by atoms with van der Waals surface area (Å²) < 4.78 is 22.8. The van der Waals surface area contributed by atoms with Gasteiger partial charge in [-0.3, -0.25) is 0 Å². The maximum atomic E-state index is 11.5. The monoisotopic (exact) mass is 704 g/mol. The number of anilines is 2. The van der Waals surface area contributed by atoms with E-state index in [1.807, 2.05) is 0 Å². The Morgan fingerprint density at radius 2 is 1.41 bits per heavy atom. The molecule has 0 aliphatic carbocycles. The van der Waals surface area contributed by atoms with Crippen molar-refractivity contribution in [1.29, 1.82) is 0 Å². The standard InChI is InChI=1S/C32H24Cl4N2O8/c33-21-12-18(30-38-26-7-6-17(31(39)40)14-27(26)46-30)13-22(34)28(21)45-11-10-43-8-3-9-44-29-23(35)15-19(16-24(29)36)37-25-5-2-1-4-20(25)32(41)42/h1-2,4-7,12-16,37H,3,8-11H2,(H,39,40)(H,41,42). The van der Waals surface area contributed by atoms with Crippen molar-refractivity contribution in [2.24, 2.45) is 0 Å². The fourth-order valence-corrected chi connectivity index (χ4v) is 5.54. The zero-order valence-corrected chi connectivity index (χ0v) is 26.7. The maximum absolute atomic E-state index is 11.5. The topological polar surface area (TPSA) is 140 Å². The van der Waals surface area contributed by atoms with Crippen LogP contribution in [0.25, 0.3) is 22.6 Å². The van der Waals surface area contributed by atoms with Gasteiger partial charge in [0.25, 0.3) is 0 Å². The summed E-state index contributed by atoms with van der Waals surface area (Å²) in [6, 6.07) is 17.3. The number of rotatable bonds is 14. The predicted octanol–water partition coefficient (Wildman–Crippen LogP) is 9.11. The van der Waals surface area contributed by atoms with Crippen molar-refractivity contribution in [2.75, 3.05) is 31.7 Å². The molecule has 10 nitrogen and oxygen atoms in total. The number of carbonyl (C=O) groups is 2. The minimum Gasteiger partial charge on any atom is -0.490 e. The molecule has 4 aromatic carbocycles. The van der Waals surface area contributed by atoms with Gasteiger partial charge in [0.1, 0.15) is 12.1 Å². The summed E-state index contributed by atoms with van der Waals surface area (Å²) in [6.45, 7) is 1.08. The molecule has 0 atom stereocenters. The molecule has 0 radical (unpaired) electrons. The molecule has 0 amide bonds. The third-order valence-electron chi connectivity index (χ3n) is 6.47. The summed E-state index contributed by atoms with van der Waals surface area (Å²) in [6.07, 6.45) is 0.535. The van der Waals surface area contributed by atoms with Gasteiger partial charge in [0, 0.05) is 24.3 Å². The zero-order chi connectivity index (χ0) is 32.8. The van der Waals surface area contributed by atoms with Crippen molar-refractivity contribution in [1.82, 2.24) is 4.98 Å². The van der Waals surface area contributed by atoms with E-state index < -0.39 is 11.9 Å². The Morgan fingerprint density at radius 3 is 2.09 bits per heavy atom. The Bertz CT molecular complexity index is 1870. The van der Waals surface area contributed by atoms with Crippen LogP contribution in [0, 0.1) is 0 Å². The summed E-state index contributed by atoms with van der Waals surface area (Å²) in [7, 11) is 0. The van der Waals surface area contributed by atoms with Gasteiger partial charge in [-0.25, -0.2) is 14.6 Å². The lowest BCUT2D eigenvalue weighted by molar-refractivity contribution is 0.0686. The number of benzene rings is 4. The van der Waals surface area contributed by atoms with Gasteiger partial charge in [0.15, 0.2) is 17.1 Å². The quantitative estimate of drug-likeness (QED) is 0.0958. The molecule has 0 bridgehead atoms. The van der Waals surface area contributed by atoms with Crippen LogP contribution < -0.4 is 14.8 Å². The van der Waals surface area contributed by atoms with Crippen LogP contribution in [-0.2, 0) is 4.74 Å². The van der Waals surface area contributed by atoms with E-state index in [1.165, 1.54) is 18.2 Å². The maximum Gasteiger partial charge on any atom is 0.337 e. The van der Waals surface area contributed by atoms with Gasteiger partial charge in [0.2, 0.25) is 5.89 Å². The van der Waals surface area contributed by atoms with Crippen LogP contribution in [0.15, 0.2) is 71.1 Å². The predicted molar refractivity (Wildman–Crippen MR) is 176 cm³/mol. The van der Waals surface area contributed by atoms with Crippen LogP contribution >= 0.6 is 46.4 Å². The van der Waals surface area contributed by atoms with E-state index in [2.05, 4.69) is 10.3 Å². The van der Waals surface area contributed by atoms with Crippen LogP contribution in [0.3, 0.4) is 0 Å². The highest BCUT2D eigenvalue weighted by atomic mass is 35.5. The van der Waals surface area contributed by atoms with Gasteiger partial charge in [-0.15, -0.1) is 0 Å². The van der Waals surface area contributed by atoms with Crippen molar-refractivity contribution >= 4 is 80.8 Å². The number of fused-ring (bicyclic) bond motifs is 1. The molecular weight excluding hydrogens is 682 g/mol. The summed E-state index contributed by atoms with van der Waals surface area (Å²) in [4.78, 5) is 27.1. The first-order valence-corrected chi connectivity index (χ1v) is 15.2. The first-order valence-electron chi connectivity index (χ1n) is 13.7. The summed E-state index contributed by atoms with van der Waals surface area (Å²) in [5.74, 6) is -1.32. The van der Waals surface area contributed by atoms with Crippen molar-refractivity contribution < 1.29 is 38.4 Å². The van der Waals surface area contributed by atoms with E-state index in [9.17, 15) is 19.8 Å². The first-order chi connectivity index (χ1) is 22.1. The van der Waals surface area contributed by atoms with E-state index in [1.54, 1.807) is 48.5 Å². The Morgan fingerprint density at radius 1 is 0.761 bits per heavy atom. The number of nitrogens with one attached hydrogen (secondary N) is 1. The third kappa shape index (κ3) is 7.96. The minimum atomic E-state index is -1.07.